The van der Waals surface area contributed by atoms with E-state index in [9.17, 15) is 10.2 Å². The maximum atomic E-state index is 11.8. The van der Waals surface area contributed by atoms with E-state index in [1.54, 1.807) is 0 Å². The minimum absolute atomic E-state index is 0. The normalized spacial score (nSPS) is 12.9. The zero-order valence-corrected chi connectivity index (χ0v) is 22.7. The van der Waals surface area contributed by atoms with Gasteiger partial charge in [0.2, 0.25) is 0 Å². The average Bonchev–Trinajstić information content (AvgIpc) is 2.97. The van der Waals surface area contributed by atoms with Gasteiger partial charge in [0.1, 0.15) is 0 Å². The van der Waals surface area contributed by atoms with Crippen molar-refractivity contribution in [1.82, 2.24) is 0 Å². The first-order chi connectivity index (χ1) is 18.5. The zero-order valence-electron chi connectivity index (χ0n) is 21.7. The second-order valence-electron chi connectivity index (χ2n) is 8.87. The SMILES string of the molecule is N[C@@H](Cc1ccccc1)C([O-])=NCc1ccccc1.N[C@@H](Cc1ccccc1)C([O-])=NCc1ccccc1.[Ni+2]. The van der Waals surface area contributed by atoms with E-state index in [1.807, 2.05) is 121 Å². The summed E-state index contributed by atoms with van der Waals surface area (Å²) in [5.74, 6) is -0.486. The van der Waals surface area contributed by atoms with Crippen molar-refractivity contribution in [3.8, 4) is 0 Å². The molecule has 0 saturated heterocycles. The molecule has 0 aliphatic carbocycles. The molecule has 2 atom stereocenters. The predicted molar refractivity (Wildman–Crippen MR) is 151 cm³/mol. The molecule has 7 heteroatoms. The van der Waals surface area contributed by atoms with Crippen molar-refractivity contribution in [2.75, 3.05) is 0 Å². The minimum atomic E-state index is -0.564. The number of hydrogen-bond donors (Lipinski definition) is 2. The Morgan fingerprint density at radius 3 is 1.03 bits per heavy atom. The van der Waals surface area contributed by atoms with Crippen LogP contribution in [-0.4, -0.2) is 23.9 Å². The Labute approximate surface area is 241 Å². The molecule has 0 unspecified atom stereocenters. The van der Waals surface area contributed by atoms with Crippen molar-refractivity contribution in [1.29, 1.82) is 0 Å². The number of hydrogen-bond acceptors (Lipinski definition) is 6. The van der Waals surface area contributed by atoms with Crippen molar-refractivity contribution in [2.45, 2.75) is 38.0 Å². The van der Waals surface area contributed by atoms with Gasteiger partial charge in [-0.05, 0) is 46.9 Å². The van der Waals surface area contributed by atoms with Crippen LogP contribution in [0.15, 0.2) is 131 Å². The summed E-state index contributed by atoms with van der Waals surface area (Å²) in [5, 5.41) is 23.7. The van der Waals surface area contributed by atoms with Crippen LogP contribution in [0.3, 0.4) is 0 Å². The van der Waals surface area contributed by atoms with Gasteiger partial charge in [0.05, 0.1) is 13.1 Å². The summed E-state index contributed by atoms with van der Waals surface area (Å²) in [6.45, 7) is 0.782. The van der Waals surface area contributed by atoms with Crippen LogP contribution in [0.4, 0.5) is 0 Å². The van der Waals surface area contributed by atoms with Gasteiger partial charge in [0, 0.05) is 12.1 Å². The van der Waals surface area contributed by atoms with Crippen LogP contribution in [0, 0.1) is 0 Å². The fraction of sp³-hybridized carbons (Fsp3) is 0.188. The van der Waals surface area contributed by atoms with Gasteiger partial charge in [-0.1, -0.05) is 121 Å². The van der Waals surface area contributed by atoms with Gasteiger partial charge >= 0.3 is 16.5 Å². The first-order valence-corrected chi connectivity index (χ1v) is 12.6. The molecular weight excluding hydrogens is 531 g/mol. The van der Waals surface area contributed by atoms with Gasteiger partial charge in [-0.2, -0.15) is 0 Å². The molecule has 4 rings (SSSR count). The fourth-order valence-corrected chi connectivity index (χ4v) is 3.65. The molecule has 0 aliphatic rings. The van der Waals surface area contributed by atoms with Gasteiger partial charge in [-0.3, -0.25) is 9.98 Å². The van der Waals surface area contributed by atoms with Gasteiger partial charge in [0.25, 0.3) is 0 Å². The fourth-order valence-electron chi connectivity index (χ4n) is 3.65. The number of aliphatic imine (C=N–C) groups is 2. The molecule has 0 fully saturated rings. The van der Waals surface area contributed by atoms with E-state index >= 15 is 0 Å². The van der Waals surface area contributed by atoms with E-state index in [-0.39, 0.29) is 28.3 Å². The second kappa shape index (κ2) is 17.7. The van der Waals surface area contributed by atoms with Crippen LogP contribution in [-0.2, 0) is 42.4 Å². The van der Waals surface area contributed by atoms with Gasteiger partial charge in [-0.25, -0.2) is 0 Å². The van der Waals surface area contributed by atoms with Crippen LogP contribution in [0.1, 0.15) is 22.3 Å². The number of benzene rings is 4. The largest absolute Gasteiger partial charge is 2.00 e. The van der Waals surface area contributed by atoms with E-state index in [1.165, 1.54) is 0 Å². The molecule has 0 bridgehead atoms. The molecule has 0 spiro atoms. The molecule has 204 valence electrons. The van der Waals surface area contributed by atoms with Crippen LogP contribution in [0.5, 0.6) is 0 Å². The maximum Gasteiger partial charge on any atom is 2.00 e. The molecule has 39 heavy (non-hydrogen) atoms. The van der Waals surface area contributed by atoms with E-state index in [0.29, 0.717) is 25.9 Å². The van der Waals surface area contributed by atoms with Crippen LogP contribution in [0.2, 0.25) is 0 Å². The Balaban J connectivity index is 0.000000267. The molecule has 4 aromatic rings. The van der Waals surface area contributed by atoms with Crippen molar-refractivity contribution in [2.24, 2.45) is 21.5 Å². The van der Waals surface area contributed by atoms with Gasteiger partial charge < -0.3 is 21.7 Å². The topological polar surface area (TPSA) is 123 Å². The third kappa shape index (κ3) is 12.1. The van der Waals surface area contributed by atoms with Gasteiger partial charge in [0.15, 0.2) is 0 Å². The Hall–Kier alpha value is -3.77. The zero-order chi connectivity index (χ0) is 27.0. The minimum Gasteiger partial charge on any atom is -0.861 e. The molecule has 4 aromatic carbocycles. The summed E-state index contributed by atoms with van der Waals surface area (Å²) in [7, 11) is 0. The Bertz CT molecular complexity index is 1150. The monoisotopic (exact) mass is 564 g/mol. The Morgan fingerprint density at radius 1 is 0.487 bits per heavy atom. The molecule has 0 aromatic heterocycles. The Morgan fingerprint density at radius 2 is 0.744 bits per heavy atom. The predicted octanol–water partition coefficient (Wildman–Crippen LogP) is 3.03. The van der Waals surface area contributed by atoms with E-state index in [2.05, 4.69) is 9.98 Å². The van der Waals surface area contributed by atoms with Crippen molar-refractivity contribution >= 4 is 11.8 Å². The number of nitrogens with zero attached hydrogens (tertiary/aromatic N) is 2. The van der Waals surface area contributed by atoms with Crippen molar-refractivity contribution in [3.63, 3.8) is 0 Å². The first kappa shape index (κ1) is 31.5. The smallest absolute Gasteiger partial charge is 0.861 e. The first-order valence-electron chi connectivity index (χ1n) is 12.6. The summed E-state index contributed by atoms with van der Waals surface area (Å²) < 4.78 is 0. The van der Waals surface area contributed by atoms with Crippen LogP contribution >= 0.6 is 0 Å². The third-order valence-electron chi connectivity index (χ3n) is 5.75. The van der Waals surface area contributed by atoms with E-state index in [4.69, 9.17) is 11.5 Å². The standard InChI is InChI=1S/2C16H18N2O.Ni/c2*17-15(11-13-7-3-1-4-8-13)16(19)18-12-14-9-5-2-6-10-14;/h2*1-10,15H,11-12,17H2,(H,18,19);/q;;+2/p-2/t2*15-;/m00./s1. The van der Waals surface area contributed by atoms with E-state index < -0.39 is 12.1 Å². The van der Waals surface area contributed by atoms with Crippen molar-refractivity contribution < 1.29 is 26.7 Å². The Kier molecular flexibility index (Phi) is 14.3. The van der Waals surface area contributed by atoms with Crippen molar-refractivity contribution in [3.05, 3.63) is 144 Å². The summed E-state index contributed by atoms with van der Waals surface area (Å²) >= 11 is 0. The molecule has 4 N–H and O–H groups in total. The van der Waals surface area contributed by atoms with E-state index in [0.717, 1.165) is 22.3 Å². The van der Waals surface area contributed by atoms with Crippen LogP contribution in [0.25, 0.3) is 0 Å². The summed E-state index contributed by atoms with van der Waals surface area (Å²) in [6, 6.07) is 37.7. The van der Waals surface area contributed by atoms with Gasteiger partial charge in [-0.15, -0.1) is 0 Å². The molecule has 0 heterocycles. The molecule has 0 aliphatic heterocycles. The third-order valence-corrected chi connectivity index (χ3v) is 5.75. The molecule has 0 radical (unpaired) electrons. The number of rotatable bonds is 10. The average molecular weight is 565 g/mol. The summed E-state index contributed by atoms with van der Waals surface area (Å²) in [5.41, 5.74) is 15.9. The maximum absolute atomic E-state index is 11.8. The quantitative estimate of drug-likeness (QED) is 0.174. The summed E-state index contributed by atoms with van der Waals surface area (Å²) in [6.07, 6.45) is 1.05. The number of nitrogens with two attached hydrogens (primary N) is 2. The molecule has 0 amide bonds. The molecule has 6 nitrogen and oxygen atoms in total. The summed E-state index contributed by atoms with van der Waals surface area (Å²) in [4.78, 5) is 8.05. The molecular formula is C32H34N4NiO2. The molecule has 0 saturated carbocycles. The van der Waals surface area contributed by atoms with Crippen LogP contribution < -0.4 is 21.7 Å². The second-order valence-corrected chi connectivity index (χ2v) is 8.87.